The molecule has 6 nitrogen and oxygen atoms in total. The lowest BCUT2D eigenvalue weighted by molar-refractivity contribution is 0.0233. The third kappa shape index (κ3) is 4.92. The number of fused-ring (bicyclic) bond motifs is 1. The molecule has 0 unspecified atom stereocenters. The molecular formula is C27H32FN5O. The molecule has 0 aliphatic carbocycles. The van der Waals surface area contributed by atoms with Crippen LogP contribution >= 0.6 is 0 Å². The van der Waals surface area contributed by atoms with Crippen LogP contribution < -0.4 is 4.90 Å². The van der Waals surface area contributed by atoms with Gasteiger partial charge in [0.25, 0.3) is 0 Å². The maximum atomic E-state index is 14.5. The summed E-state index contributed by atoms with van der Waals surface area (Å²) in [5.74, 6) is 0.856. The second-order valence-electron chi connectivity index (χ2n) is 9.88. The summed E-state index contributed by atoms with van der Waals surface area (Å²) in [5.41, 5.74) is 3.29. The Balaban J connectivity index is 1.52. The molecule has 2 saturated heterocycles. The van der Waals surface area contributed by atoms with Crippen LogP contribution in [-0.4, -0.2) is 46.2 Å². The first-order chi connectivity index (χ1) is 16.5. The molecule has 5 rings (SSSR count). The predicted molar refractivity (Wildman–Crippen MR) is 131 cm³/mol. The second kappa shape index (κ2) is 9.71. The first kappa shape index (κ1) is 22.8. The van der Waals surface area contributed by atoms with E-state index in [1.165, 1.54) is 19.3 Å². The minimum Gasteiger partial charge on any atom is -0.376 e. The molecule has 2 fully saturated rings. The maximum absolute atomic E-state index is 14.5. The van der Waals surface area contributed by atoms with Crippen molar-refractivity contribution >= 4 is 16.9 Å². The smallest absolute Gasteiger partial charge is 0.137 e. The first-order valence-electron chi connectivity index (χ1n) is 12.4. The van der Waals surface area contributed by atoms with Crippen LogP contribution in [0.15, 0.2) is 36.5 Å². The Morgan fingerprint density at radius 1 is 1.15 bits per heavy atom. The monoisotopic (exact) mass is 461 g/mol. The molecule has 3 aromatic rings. The standard InChI is InChI=1S/C27H32FN5O/c1-27(28)11-13-32(14-12-27)26-23(21-9-7-20(17-29)8-10-21)16-25-24(31-26)18-30-33(25)19-22-6-4-2-3-5-15-34-22/h7-10,16,18,22H,2-6,11-15,19H2,1H3/t22-/m0/s1. The number of alkyl halides is 1. The molecule has 0 saturated carbocycles. The number of hydrogen-bond acceptors (Lipinski definition) is 5. The van der Waals surface area contributed by atoms with Crippen LogP contribution in [0.5, 0.6) is 0 Å². The molecule has 0 bridgehead atoms. The van der Waals surface area contributed by atoms with E-state index in [4.69, 9.17) is 9.72 Å². The van der Waals surface area contributed by atoms with Gasteiger partial charge in [-0.2, -0.15) is 10.4 Å². The molecule has 0 spiro atoms. The van der Waals surface area contributed by atoms with E-state index < -0.39 is 5.67 Å². The summed E-state index contributed by atoms with van der Waals surface area (Å²) in [6.07, 6.45) is 8.82. The van der Waals surface area contributed by atoms with Gasteiger partial charge in [0.2, 0.25) is 0 Å². The second-order valence-corrected chi connectivity index (χ2v) is 9.88. The SMILES string of the molecule is CC1(F)CCN(c2nc3cnn(C[C@@H]4CCCCCCO4)c3cc2-c2ccc(C#N)cc2)CC1. The van der Waals surface area contributed by atoms with Gasteiger partial charge in [0, 0.05) is 25.3 Å². The average molecular weight is 462 g/mol. The number of anilines is 1. The third-order valence-electron chi connectivity index (χ3n) is 7.19. The molecule has 7 heteroatoms. The molecule has 2 aliphatic rings. The first-order valence-corrected chi connectivity index (χ1v) is 12.4. The number of ether oxygens (including phenoxy) is 1. The fourth-order valence-corrected chi connectivity index (χ4v) is 5.00. The molecule has 34 heavy (non-hydrogen) atoms. The van der Waals surface area contributed by atoms with Gasteiger partial charge in [-0.1, -0.05) is 31.4 Å². The number of nitriles is 1. The van der Waals surface area contributed by atoms with Gasteiger partial charge >= 0.3 is 0 Å². The van der Waals surface area contributed by atoms with Crippen molar-refractivity contribution in [2.24, 2.45) is 0 Å². The molecule has 4 heterocycles. The zero-order valence-corrected chi connectivity index (χ0v) is 19.8. The summed E-state index contributed by atoms with van der Waals surface area (Å²) in [6.45, 7) is 4.45. The van der Waals surface area contributed by atoms with Gasteiger partial charge in [0.15, 0.2) is 0 Å². The molecular weight excluding hydrogens is 429 g/mol. The molecule has 2 aliphatic heterocycles. The highest BCUT2D eigenvalue weighted by Gasteiger charge is 2.31. The van der Waals surface area contributed by atoms with Crippen LogP contribution in [0.4, 0.5) is 10.2 Å². The summed E-state index contributed by atoms with van der Waals surface area (Å²) in [6, 6.07) is 11.9. The van der Waals surface area contributed by atoms with Crippen LogP contribution in [0.25, 0.3) is 22.2 Å². The van der Waals surface area contributed by atoms with Crippen molar-refractivity contribution in [1.82, 2.24) is 14.8 Å². The summed E-state index contributed by atoms with van der Waals surface area (Å²) in [5, 5.41) is 13.9. The van der Waals surface area contributed by atoms with Crippen LogP contribution in [0.3, 0.4) is 0 Å². The van der Waals surface area contributed by atoms with E-state index in [-0.39, 0.29) is 6.10 Å². The minimum atomic E-state index is -1.13. The number of rotatable bonds is 4. The Hall–Kier alpha value is -2.98. The van der Waals surface area contributed by atoms with Gasteiger partial charge < -0.3 is 9.64 Å². The van der Waals surface area contributed by atoms with E-state index in [1.807, 2.05) is 35.1 Å². The predicted octanol–water partition coefficient (Wildman–Crippen LogP) is 5.65. The Morgan fingerprint density at radius 3 is 2.68 bits per heavy atom. The molecule has 1 atom stereocenters. The van der Waals surface area contributed by atoms with Crippen molar-refractivity contribution in [2.75, 3.05) is 24.6 Å². The van der Waals surface area contributed by atoms with Crippen molar-refractivity contribution in [3.05, 3.63) is 42.1 Å². The molecule has 2 aromatic heterocycles. The lowest BCUT2D eigenvalue weighted by Gasteiger charge is -2.35. The fourth-order valence-electron chi connectivity index (χ4n) is 5.00. The number of hydrogen-bond donors (Lipinski definition) is 0. The van der Waals surface area contributed by atoms with E-state index in [0.717, 1.165) is 47.4 Å². The molecule has 0 radical (unpaired) electrons. The van der Waals surface area contributed by atoms with Gasteiger partial charge in [-0.15, -0.1) is 0 Å². The zero-order valence-electron chi connectivity index (χ0n) is 19.8. The Bertz CT molecular complexity index is 1160. The number of halogens is 1. The van der Waals surface area contributed by atoms with Crippen LogP contribution in [-0.2, 0) is 11.3 Å². The normalized spacial score (nSPS) is 21.1. The summed E-state index contributed by atoms with van der Waals surface area (Å²) >= 11 is 0. The molecule has 0 N–H and O–H groups in total. The molecule has 178 valence electrons. The number of pyridine rings is 1. The number of piperidine rings is 1. The maximum Gasteiger partial charge on any atom is 0.137 e. The van der Waals surface area contributed by atoms with Crippen LogP contribution in [0.1, 0.15) is 57.4 Å². The van der Waals surface area contributed by atoms with Gasteiger partial charge in [-0.3, -0.25) is 4.68 Å². The number of benzene rings is 1. The van der Waals surface area contributed by atoms with E-state index in [2.05, 4.69) is 22.1 Å². The van der Waals surface area contributed by atoms with E-state index in [9.17, 15) is 9.65 Å². The summed E-state index contributed by atoms with van der Waals surface area (Å²) in [4.78, 5) is 7.21. The van der Waals surface area contributed by atoms with Crippen molar-refractivity contribution in [2.45, 2.75) is 70.2 Å². The van der Waals surface area contributed by atoms with Crippen LogP contribution in [0.2, 0.25) is 0 Å². The third-order valence-corrected chi connectivity index (χ3v) is 7.19. The van der Waals surface area contributed by atoms with E-state index in [0.29, 0.717) is 38.0 Å². The Kier molecular flexibility index (Phi) is 6.51. The Labute approximate surface area is 200 Å². The van der Waals surface area contributed by atoms with Crippen molar-refractivity contribution in [1.29, 1.82) is 5.26 Å². The van der Waals surface area contributed by atoms with E-state index >= 15 is 0 Å². The van der Waals surface area contributed by atoms with Gasteiger partial charge in [0.05, 0.1) is 36.0 Å². The highest BCUT2D eigenvalue weighted by atomic mass is 19.1. The minimum absolute atomic E-state index is 0.158. The number of aromatic nitrogens is 3. The average Bonchev–Trinajstić information content (AvgIpc) is 3.21. The van der Waals surface area contributed by atoms with Gasteiger partial charge in [0.1, 0.15) is 17.0 Å². The van der Waals surface area contributed by atoms with E-state index in [1.54, 1.807) is 6.92 Å². The molecule has 1 aromatic carbocycles. The highest BCUT2D eigenvalue weighted by molar-refractivity contribution is 5.88. The lowest BCUT2D eigenvalue weighted by Crippen LogP contribution is -2.40. The number of nitrogens with zero attached hydrogens (tertiary/aromatic N) is 5. The summed E-state index contributed by atoms with van der Waals surface area (Å²) < 4.78 is 22.6. The van der Waals surface area contributed by atoms with Crippen molar-refractivity contribution in [3.63, 3.8) is 0 Å². The zero-order chi connectivity index (χ0) is 23.5. The summed E-state index contributed by atoms with van der Waals surface area (Å²) in [7, 11) is 0. The topological polar surface area (TPSA) is 67.0 Å². The highest BCUT2D eigenvalue weighted by Crippen LogP contribution is 2.36. The fraction of sp³-hybridized carbons (Fsp3) is 0.519. The Morgan fingerprint density at radius 2 is 1.91 bits per heavy atom. The van der Waals surface area contributed by atoms with Gasteiger partial charge in [-0.05, 0) is 56.4 Å². The van der Waals surface area contributed by atoms with Crippen molar-refractivity contribution in [3.8, 4) is 17.2 Å². The van der Waals surface area contributed by atoms with Crippen molar-refractivity contribution < 1.29 is 9.13 Å². The largest absolute Gasteiger partial charge is 0.376 e. The van der Waals surface area contributed by atoms with Crippen LogP contribution in [0, 0.1) is 11.3 Å². The lowest BCUT2D eigenvalue weighted by atomic mass is 9.95. The molecule has 0 amide bonds. The van der Waals surface area contributed by atoms with Gasteiger partial charge in [-0.25, -0.2) is 9.37 Å². The quantitative estimate of drug-likeness (QED) is 0.502.